The Hall–Kier alpha value is -1.87. The molecule has 0 spiro atoms. The van der Waals surface area contributed by atoms with E-state index in [1.807, 2.05) is 6.92 Å². The summed E-state index contributed by atoms with van der Waals surface area (Å²) in [6, 6.07) is 0. The van der Waals surface area contributed by atoms with E-state index in [0.29, 0.717) is 23.5 Å². The average molecular weight is 284 g/mol. The van der Waals surface area contributed by atoms with Gasteiger partial charge in [0, 0.05) is 30.5 Å². The van der Waals surface area contributed by atoms with Gasteiger partial charge < -0.3 is 5.73 Å². The highest BCUT2D eigenvalue weighted by atomic mass is 32.2. The van der Waals surface area contributed by atoms with Gasteiger partial charge in [-0.3, -0.25) is 14.5 Å². The highest BCUT2D eigenvalue weighted by Gasteiger charge is 2.23. The molecule has 9 heteroatoms. The SMILES string of the molecule is CCn1cc(NS(=O)(=O)c2n[nH]c(C)c2CN)cn1. The van der Waals surface area contributed by atoms with Crippen molar-refractivity contribution in [3.63, 3.8) is 0 Å². The Morgan fingerprint density at radius 1 is 1.53 bits per heavy atom. The molecule has 0 aliphatic rings. The number of nitrogens with two attached hydrogens (primary N) is 1. The Bertz CT molecular complexity index is 672. The second-order valence-electron chi connectivity index (χ2n) is 4.03. The van der Waals surface area contributed by atoms with Gasteiger partial charge in [0.2, 0.25) is 5.03 Å². The van der Waals surface area contributed by atoms with E-state index in [9.17, 15) is 8.42 Å². The fourth-order valence-electron chi connectivity index (χ4n) is 1.69. The van der Waals surface area contributed by atoms with Crippen LogP contribution in [0, 0.1) is 6.92 Å². The molecule has 4 N–H and O–H groups in total. The van der Waals surface area contributed by atoms with Gasteiger partial charge in [0.05, 0.1) is 11.9 Å². The first-order valence-electron chi connectivity index (χ1n) is 5.77. The summed E-state index contributed by atoms with van der Waals surface area (Å²) in [4.78, 5) is 0. The van der Waals surface area contributed by atoms with Crippen molar-refractivity contribution in [2.24, 2.45) is 5.73 Å². The molecule has 2 heterocycles. The number of H-pyrrole nitrogens is 1. The van der Waals surface area contributed by atoms with Crippen LogP contribution in [0.3, 0.4) is 0 Å². The Morgan fingerprint density at radius 2 is 2.26 bits per heavy atom. The standard InChI is InChI=1S/C10H16N6O2S/c1-3-16-6-8(5-12-16)15-19(17,18)10-9(4-11)7(2)13-14-10/h5-6,15H,3-4,11H2,1-2H3,(H,13,14). The van der Waals surface area contributed by atoms with Crippen molar-refractivity contribution in [3.05, 3.63) is 23.7 Å². The second kappa shape index (κ2) is 5.02. The van der Waals surface area contributed by atoms with Gasteiger partial charge in [0.15, 0.2) is 0 Å². The maximum Gasteiger partial charge on any atom is 0.281 e. The van der Waals surface area contributed by atoms with Crippen LogP contribution in [0.25, 0.3) is 0 Å². The molecular formula is C10H16N6O2S. The molecular weight excluding hydrogens is 268 g/mol. The van der Waals surface area contributed by atoms with E-state index in [0.717, 1.165) is 0 Å². The highest BCUT2D eigenvalue weighted by molar-refractivity contribution is 7.92. The number of nitrogens with zero attached hydrogens (tertiary/aromatic N) is 3. The summed E-state index contributed by atoms with van der Waals surface area (Å²) >= 11 is 0. The topological polar surface area (TPSA) is 119 Å². The van der Waals surface area contributed by atoms with Gasteiger partial charge in [-0.05, 0) is 13.8 Å². The molecule has 0 amide bonds. The minimum Gasteiger partial charge on any atom is -0.326 e. The van der Waals surface area contributed by atoms with Gasteiger partial charge in [0.25, 0.3) is 10.0 Å². The summed E-state index contributed by atoms with van der Waals surface area (Å²) in [6.45, 7) is 4.41. The first-order valence-corrected chi connectivity index (χ1v) is 7.25. The number of anilines is 1. The number of sulfonamides is 1. The van der Waals surface area contributed by atoms with E-state index in [1.54, 1.807) is 17.8 Å². The van der Waals surface area contributed by atoms with E-state index in [4.69, 9.17) is 5.73 Å². The van der Waals surface area contributed by atoms with Gasteiger partial charge in [-0.1, -0.05) is 0 Å². The summed E-state index contributed by atoms with van der Waals surface area (Å²) in [5, 5.41) is 10.3. The van der Waals surface area contributed by atoms with Crippen molar-refractivity contribution in [1.29, 1.82) is 0 Å². The molecule has 8 nitrogen and oxygen atoms in total. The Kier molecular flexibility index (Phi) is 3.58. The van der Waals surface area contributed by atoms with Crippen LogP contribution in [-0.4, -0.2) is 28.4 Å². The van der Waals surface area contributed by atoms with Crippen LogP contribution in [0.15, 0.2) is 17.4 Å². The van der Waals surface area contributed by atoms with E-state index < -0.39 is 10.0 Å². The summed E-state index contributed by atoms with van der Waals surface area (Å²) in [5.41, 5.74) is 7.06. The molecule has 0 aliphatic heterocycles. The Labute approximate surface area is 111 Å². The molecule has 2 rings (SSSR count). The summed E-state index contributed by atoms with van der Waals surface area (Å²) < 4.78 is 28.5. The van der Waals surface area contributed by atoms with Crippen molar-refractivity contribution in [3.8, 4) is 0 Å². The average Bonchev–Trinajstić information content (AvgIpc) is 2.95. The molecule has 0 bridgehead atoms. The van der Waals surface area contributed by atoms with Gasteiger partial charge >= 0.3 is 0 Å². The fourth-order valence-corrected chi connectivity index (χ4v) is 2.92. The zero-order valence-corrected chi connectivity index (χ0v) is 11.5. The first kappa shape index (κ1) is 13.6. The molecule has 0 aromatic carbocycles. The van der Waals surface area contributed by atoms with Gasteiger partial charge in [-0.2, -0.15) is 18.6 Å². The normalized spacial score (nSPS) is 11.7. The van der Waals surface area contributed by atoms with Crippen molar-refractivity contribution in [1.82, 2.24) is 20.0 Å². The van der Waals surface area contributed by atoms with E-state index in [-0.39, 0.29) is 11.6 Å². The lowest BCUT2D eigenvalue weighted by Crippen LogP contribution is -2.16. The minimum absolute atomic E-state index is 0.0725. The number of rotatable bonds is 5. The third-order valence-electron chi connectivity index (χ3n) is 2.70. The number of aromatic nitrogens is 4. The molecule has 0 saturated carbocycles. The number of aryl methyl sites for hydroxylation is 2. The zero-order valence-electron chi connectivity index (χ0n) is 10.7. The largest absolute Gasteiger partial charge is 0.326 e. The minimum atomic E-state index is -3.76. The third-order valence-corrected chi connectivity index (χ3v) is 4.06. The lowest BCUT2D eigenvalue weighted by molar-refractivity contribution is 0.596. The van der Waals surface area contributed by atoms with Crippen molar-refractivity contribution in [2.45, 2.75) is 32.0 Å². The Morgan fingerprint density at radius 3 is 2.84 bits per heavy atom. The van der Waals surface area contributed by atoms with Crippen LogP contribution in [-0.2, 0) is 23.1 Å². The smallest absolute Gasteiger partial charge is 0.281 e. The predicted molar refractivity (Wildman–Crippen MR) is 69.9 cm³/mol. The number of hydrogen-bond acceptors (Lipinski definition) is 5. The fraction of sp³-hybridized carbons (Fsp3) is 0.400. The molecule has 2 aromatic heterocycles. The molecule has 0 atom stereocenters. The molecule has 0 radical (unpaired) electrons. The molecule has 0 fully saturated rings. The highest BCUT2D eigenvalue weighted by Crippen LogP contribution is 2.19. The van der Waals surface area contributed by atoms with E-state index in [2.05, 4.69) is 20.0 Å². The lowest BCUT2D eigenvalue weighted by atomic mass is 10.3. The quantitative estimate of drug-likeness (QED) is 0.724. The third kappa shape index (κ3) is 2.61. The first-order chi connectivity index (χ1) is 8.97. The molecule has 2 aromatic rings. The number of nitrogens with one attached hydrogen (secondary N) is 2. The number of aromatic amines is 1. The van der Waals surface area contributed by atoms with Crippen molar-refractivity contribution >= 4 is 15.7 Å². The van der Waals surface area contributed by atoms with Crippen LogP contribution in [0.1, 0.15) is 18.2 Å². The monoisotopic (exact) mass is 284 g/mol. The predicted octanol–water partition coefficient (Wildman–Crippen LogP) is 0.194. The van der Waals surface area contributed by atoms with E-state index in [1.165, 1.54) is 6.20 Å². The lowest BCUT2D eigenvalue weighted by Gasteiger charge is -2.04. The van der Waals surface area contributed by atoms with Crippen molar-refractivity contribution in [2.75, 3.05) is 4.72 Å². The Balaban J connectivity index is 2.32. The van der Waals surface area contributed by atoms with Crippen molar-refractivity contribution < 1.29 is 8.42 Å². The van der Waals surface area contributed by atoms with Crippen LogP contribution >= 0.6 is 0 Å². The maximum absolute atomic E-state index is 12.2. The molecule has 104 valence electrons. The maximum atomic E-state index is 12.2. The molecule has 0 aliphatic carbocycles. The van der Waals surface area contributed by atoms with Crippen LogP contribution in [0.5, 0.6) is 0 Å². The van der Waals surface area contributed by atoms with Crippen LogP contribution in [0.4, 0.5) is 5.69 Å². The zero-order chi connectivity index (χ0) is 14.0. The van der Waals surface area contributed by atoms with Gasteiger partial charge in [-0.25, -0.2) is 0 Å². The number of hydrogen-bond donors (Lipinski definition) is 3. The second-order valence-corrected chi connectivity index (χ2v) is 5.62. The molecule has 0 saturated heterocycles. The van der Waals surface area contributed by atoms with E-state index >= 15 is 0 Å². The molecule has 19 heavy (non-hydrogen) atoms. The summed E-state index contributed by atoms with van der Waals surface area (Å²) in [7, 11) is -3.76. The van der Waals surface area contributed by atoms with Crippen LogP contribution < -0.4 is 10.5 Å². The van der Waals surface area contributed by atoms with Crippen LogP contribution in [0.2, 0.25) is 0 Å². The summed E-state index contributed by atoms with van der Waals surface area (Å²) in [5.74, 6) is 0. The van der Waals surface area contributed by atoms with Gasteiger partial charge in [-0.15, -0.1) is 0 Å². The molecule has 0 unspecified atom stereocenters. The summed E-state index contributed by atoms with van der Waals surface area (Å²) in [6.07, 6.45) is 3.06. The van der Waals surface area contributed by atoms with Gasteiger partial charge in [0.1, 0.15) is 0 Å².